The molecule has 0 aliphatic carbocycles. The van der Waals surface area contributed by atoms with Crippen molar-refractivity contribution in [3.05, 3.63) is 89.7 Å². The van der Waals surface area contributed by atoms with Crippen LogP contribution >= 0.6 is 11.6 Å². The van der Waals surface area contributed by atoms with Crippen LogP contribution in [-0.2, 0) is 17.9 Å². The van der Waals surface area contributed by atoms with E-state index in [1.807, 2.05) is 18.2 Å². The summed E-state index contributed by atoms with van der Waals surface area (Å²) in [6.45, 7) is 3.45. The van der Waals surface area contributed by atoms with E-state index < -0.39 is 12.5 Å². The second-order valence-corrected chi connectivity index (χ2v) is 7.70. The van der Waals surface area contributed by atoms with Crippen LogP contribution in [0.4, 0.5) is 11.5 Å². The average molecular weight is 493 g/mol. The van der Waals surface area contributed by atoms with Crippen LogP contribution in [0.1, 0.15) is 11.4 Å². The maximum Gasteiger partial charge on any atom is 0.249 e. The lowest BCUT2D eigenvalue weighted by atomic mass is 10.2. The van der Waals surface area contributed by atoms with Crippen LogP contribution in [0.2, 0.25) is 5.02 Å². The minimum atomic E-state index is -0.466. The number of anilines is 2. The molecule has 4 aromatic rings. The molecule has 1 amide bonds. The van der Waals surface area contributed by atoms with Crippen molar-refractivity contribution in [3.63, 3.8) is 0 Å². The second-order valence-electron chi connectivity index (χ2n) is 7.29. The molecule has 178 valence electrons. The fourth-order valence-corrected chi connectivity index (χ4v) is 3.20. The first-order chi connectivity index (χ1) is 17.0. The molecule has 11 heteroatoms. The SMILES string of the molecule is C=C(CO)C(=O)NCc1cc(-c2cncnc2Nc2ccc(OCc3ccccn3)c(Cl)c2)on1. The van der Waals surface area contributed by atoms with Gasteiger partial charge in [0.25, 0.3) is 0 Å². The molecule has 3 aromatic heterocycles. The van der Waals surface area contributed by atoms with Gasteiger partial charge in [-0.2, -0.15) is 0 Å². The number of benzene rings is 1. The van der Waals surface area contributed by atoms with Crippen LogP contribution in [0.25, 0.3) is 11.3 Å². The minimum absolute atomic E-state index is 0.0588. The molecule has 0 aliphatic heterocycles. The number of aromatic nitrogens is 4. The summed E-state index contributed by atoms with van der Waals surface area (Å²) in [6.07, 6.45) is 4.68. The van der Waals surface area contributed by atoms with Gasteiger partial charge in [-0.1, -0.05) is 29.4 Å². The predicted octanol–water partition coefficient (Wildman–Crippen LogP) is 3.67. The van der Waals surface area contributed by atoms with E-state index in [2.05, 4.69) is 37.3 Å². The summed E-state index contributed by atoms with van der Waals surface area (Å²) in [7, 11) is 0. The third-order valence-electron chi connectivity index (χ3n) is 4.78. The van der Waals surface area contributed by atoms with Crippen LogP contribution < -0.4 is 15.4 Å². The number of amides is 1. The average Bonchev–Trinajstić information content (AvgIpc) is 3.36. The normalized spacial score (nSPS) is 10.6. The first-order valence-corrected chi connectivity index (χ1v) is 10.8. The van der Waals surface area contributed by atoms with Gasteiger partial charge in [-0.15, -0.1) is 0 Å². The number of carbonyl (C=O) groups excluding carboxylic acids is 1. The standard InChI is InChI=1S/C24H21ClN6O4/c1-15(12-32)24(33)28-10-18-9-22(35-31-18)19-11-26-14-29-23(19)30-16-5-6-21(20(25)8-16)34-13-17-4-2-3-7-27-17/h2-9,11,14,32H,1,10,12-13H2,(H,28,33)(H,26,29,30). The van der Waals surface area contributed by atoms with Crippen molar-refractivity contribution in [2.45, 2.75) is 13.2 Å². The molecule has 35 heavy (non-hydrogen) atoms. The van der Waals surface area contributed by atoms with Gasteiger partial charge < -0.3 is 25.0 Å². The summed E-state index contributed by atoms with van der Waals surface area (Å²) in [5.41, 5.74) is 2.56. The van der Waals surface area contributed by atoms with Crippen molar-refractivity contribution < 1.29 is 19.2 Å². The van der Waals surface area contributed by atoms with Crippen molar-refractivity contribution in [2.24, 2.45) is 0 Å². The van der Waals surface area contributed by atoms with Gasteiger partial charge in [-0.25, -0.2) is 9.97 Å². The Labute approximate surface area is 205 Å². The van der Waals surface area contributed by atoms with Crippen molar-refractivity contribution in [1.29, 1.82) is 0 Å². The van der Waals surface area contributed by atoms with Crippen LogP contribution in [0.3, 0.4) is 0 Å². The Balaban J connectivity index is 1.44. The predicted molar refractivity (Wildman–Crippen MR) is 129 cm³/mol. The third-order valence-corrected chi connectivity index (χ3v) is 5.07. The van der Waals surface area contributed by atoms with Gasteiger partial charge in [0.15, 0.2) is 5.76 Å². The Hall–Kier alpha value is -4.28. The van der Waals surface area contributed by atoms with E-state index in [0.29, 0.717) is 45.9 Å². The van der Waals surface area contributed by atoms with E-state index in [0.717, 1.165) is 5.69 Å². The van der Waals surface area contributed by atoms with E-state index in [1.165, 1.54) is 6.33 Å². The fourth-order valence-electron chi connectivity index (χ4n) is 2.97. The van der Waals surface area contributed by atoms with Gasteiger partial charge in [0.1, 0.15) is 30.2 Å². The Kier molecular flexibility index (Phi) is 7.66. The number of hydrogen-bond donors (Lipinski definition) is 3. The maximum absolute atomic E-state index is 11.8. The third kappa shape index (κ3) is 6.19. The Morgan fingerprint density at radius 3 is 2.83 bits per heavy atom. The van der Waals surface area contributed by atoms with Crippen LogP contribution in [0, 0.1) is 0 Å². The first-order valence-electron chi connectivity index (χ1n) is 10.5. The molecule has 0 aliphatic rings. The minimum Gasteiger partial charge on any atom is -0.486 e. The number of aliphatic hydroxyl groups is 1. The van der Waals surface area contributed by atoms with Gasteiger partial charge in [0.2, 0.25) is 5.91 Å². The lowest BCUT2D eigenvalue weighted by Gasteiger charge is -2.11. The molecule has 4 rings (SSSR count). The largest absolute Gasteiger partial charge is 0.486 e. The summed E-state index contributed by atoms with van der Waals surface area (Å²) in [4.78, 5) is 24.4. The number of ether oxygens (including phenoxy) is 1. The number of pyridine rings is 1. The molecule has 0 fully saturated rings. The van der Waals surface area contributed by atoms with Crippen molar-refractivity contribution in [2.75, 3.05) is 11.9 Å². The molecule has 0 unspecified atom stereocenters. The topological polar surface area (TPSA) is 135 Å². The van der Waals surface area contributed by atoms with Crippen molar-refractivity contribution >= 4 is 29.0 Å². The Bertz CT molecular complexity index is 1330. The smallest absolute Gasteiger partial charge is 0.249 e. The number of halogens is 1. The van der Waals surface area contributed by atoms with Crippen molar-refractivity contribution in [1.82, 2.24) is 25.4 Å². The van der Waals surface area contributed by atoms with Crippen LogP contribution in [-0.4, -0.2) is 37.7 Å². The van der Waals surface area contributed by atoms with Gasteiger partial charge in [-0.3, -0.25) is 9.78 Å². The number of aliphatic hydroxyl groups excluding tert-OH is 1. The zero-order chi connectivity index (χ0) is 24.6. The van der Waals surface area contributed by atoms with Crippen LogP contribution in [0.5, 0.6) is 5.75 Å². The van der Waals surface area contributed by atoms with E-state index in [1.54, 1.807) is 36.7 Å². The van der Waals surface area contributed by atoms with Gasteiger partial charge in [0, 0.05) is 29.7 Å². The lowest BCUT2D eigenvalue weighted by molar-refractivity contribution is -0.118. The summed E-state index contributed by atoms with van der Waals surface area (Å²) in [5, 5.41) is 19.2. The zero-order valence-corrected chi connectivity index (χ0v) is 19.2. The molecule has 3 heterocycles. The number of carbonyl (C=O) groups is 1. The maximum atomic E-state index is 11.8. The molecule has 0 saturated heterocycles. The van der Waals surface area contributed by atoms with Gasteiger partial charge >= 0.3 is 0 Å². The van der Waals surface area contributed by atoms with Crippen LogP contribution in [0.15, 0.2) is 77.9 Å². The molecule has 0 radical (unpaired) electrons. The van der Waals surface area contributed by atoms with E-state index in [9.17, 15) is 4.79 Å². The summed E-state index contributed by atoms with van der Waals surface area (Å²) < 4.78 is 11.2. The summed E-state index contributed by atoms with van der Waals surface area (Å²) >= 11 is 6.41. The molecular formula is C24H21ClN6O4. The molecule has 1 aromatic carbocycles. The summed E-state index contributed by atoms with van der Waals surface area (Å²) in [5.74, 6) is 0.932. The van der Waals surface area contributed by atoms with Crippen molar-refractivity contribution in [3.8, 4) is 17.1 Å². The molecule has 10 nitrogen and oxygen atoms in total. The molecule has 0 spiro atoms. The molecule has 0 bridgehead atoms. The number of nitrogens with zero attached hydrogens (tertiary/aromatic N) is 4. The van der Waals surface area contributed by atoms with E-state index >= 15 is 0 Å². The van der Waals surface area contributed by atoms with Gasteiger partial charge in [0.05, 0.1) is 29.4 Å². The fraction of sp³-hybridized carbons (Fsp3) is 0.125. The molecule has 0 saturated carbocycles. The molecule has 0 atom stereocenters. The highest BCUT2D eigenvalue weighted by Crippen LogP contribution is 2.32. The number of rotatable bonds is 10. The Morgan fingerprint density at radius 2 is 2.06 bits per heavy atom. The molecule has 3 N–H and O–H groups in total. The lowest BCUT2D eigenvalue weighted by Crippen LogP contribution is -2.25. The second kappa shape index (κ2) is 11.2. The zero-order valence-electron chi connectivity index (χ0n) is 18.4. The highest BCUT2D eigenvalue weighted by molar-refractivity contribution is 6.32. The quantitative estimate of drug-likeness (QED) is 0.283. The number of hydrogen-bond acceptors (Lipinski definition) is 9. The highest BCUT2D eigenvalue weighted by atomic mass is 35.5. The summed E-state index contributed by atoms with van der Waals surface area (Å²) in [6, 6.07) is 12.5. The highest BCUT2D eigenvalue weighted by Gasteiger charge is 2.15. The Morgan fingerprint density at radius 1 is 1.17 bits per heavy atom. The van der Waals surface area contributed by atoms with Gasteiger partial charge in [-0.05, 0) is 30.3 Å². The molecular weight excluding hydrogens is 472 g/mol. The monoisotopic (exact) mass is 492 g/mol. The first kappa shape index (κ1) is 23.9. The van der Waals surface area contributed by atoms with E-state index in [4.69, 9.17) is 26.0 Å². The number of nitrogens with one attached hydrogen (secondary N) is 2. The van der Waals surface area contributed by atoms with E-state index in [-0.39, 0.29) is 12.1 Å².